The second-order valence-electron chi connectivity index (χ2n) is 7.50. The van der Waals surface area contributed by atoms with Gasteiger partial charge in [-0.15, -0.1) is 0 Å². The van der Waals surface area contributed by atoms with Crippen molar-refractivity contribution < 1.29 is 9.59 Å². The maximum absolute atomic E-state index is 12.8. The van der Waals surface area contributed by atoms with E-state index in [9.17, 15) is 9.59 Å². The van der Waals surface area contributed by atoms with Crippen molar-refractivity contribution >= 4 is 11.8 Å². The maximum atomic E-state index is 12.8. The Morgan fingerprint density at radius 2 is 1.63 bits per heavy atom. The summed E-state index contributed by atoms with van der Waals surface area (Å²) >= 11 is 0. The minimum Gasteiger partial charge on any atom is -0.362 e. The van der Waals surface area contributed by atoms with Crippen molar-refractivity contribution in [2.24, 2.45) is 0 Å². The molecular formula is C22H29N3O2. The largest absolute Gasteiger partial charge is 0.362 e. The molecule has 0 radical (unpaired) electrons. The van der Waals surface area contributed by atoms with Gasteiger partial charge in [-0.05, 0) is 45.2 Å². The van der Waals surface area contributed by atoms with E-state index in [4.69, 9.17) is 0 Å². The van der Waals surface area contributed by atoms with Crippen molar-refractivity contribution in [1.82, 2.24) is 14.8 Å². The number of hydrogen-bond acceptors (Lipinski definition) is 2. The monoisotopic (exact) mass is 367 g/mol. The van der Waals surface area contributed by atoms with Gasteiger partial charge in [0.15, 0.2) is 0 Å². The van der Waals surface area contributed by atoms with Crippen LogP contribution in [0.3, 0.4) is 0 Å². The second-order valence-corrected chi connectivity index (χ2v) is 7.50. The summed E-state index contributed by atoms with van der Waals surface area (Å²) in [5.74, 6) is 0.240. The van der Waals surface area contributed by atoms with E-state index in [1.165, 1.54) is 11.1 Å². The van der Waals surface area contributed by atoms with Gasteiger partial charge in [-0.2, -0.15) is 0 Å². The van der Waals surface area contributed by atoms with Crippen LogP contribution in [0.25, 0.3) is 0 Å². The van der Waals surface area contributed by atoms with E-state index in [1.807, 2.05) is 29.7 Å². The highest BCUT2D eigenvalue weighted by molar-refractivity contribution is 5.95. The first kappa shape index (κ1) is 19.2. The number of benzene rings is 1. The van der Waals surface area contributed by atoms with E-state index in [0.717, 1.165) is 36.3 Å². The Balaban J connectivity index is 1.54. The lowest BCUT2D eigenvalue weighted by Crippen LogP contribution is -2.37. The van der Waals surface area contributed by atoms with Gasteiger partial charge in [0.2, 0.25) is 5.91 Å². The fourth-order valence-corrected chi connectivity index (χ4v) is 3.65. The van der Waals surface area contributed by atoms with Crippen molar-refractivity contribution in [2.45, 2.75) is 40.0 Å². The number of rotatable bonds is 4. The molecule has 1 saturated heterocycles. The number of carbonyl (C=O) groups is 2. The van der Waals surface area contributed by atoms with Crippen LogP contribution in [0.2, 0.25) is 0 Å². The third kappa shape index (κ3) is 4.79. The highest BCUT2D eigenvalue weighted by Crippen LogP contribution is 2.15. The quantitative estimate of drug-likeness (QED) is 0.902. The highest BCUT2D eigenvalue weighted by atomic mass is 16.2. The molecule has 0 saturated carbocycles. The summed E-state index contributed by atoms with van der Waals surface area (Å²) in [6, 6.07) is 10.3. The summed E-state index contributed by atoms with van der Waals surface area (Å²) in [5.41, 5.74) is 5.08. The Morgan fingerprint density at radius 3 is 2.30 bits per heavy atom. The maximum Gasteiger partial charge on any atom is 0.255 e. The summed E-state index contributed by atoms with van der Waals surface area (Å²) in [4.78, 5) is 32.4. The zero-order chi connectivity index (χ0) is 19.4. The Bertz CT molecular complexity index is 807. The molecule has 2 amide bonds. The van der Waals surface area contributed by atoms with Crippen LogP contribution in [0.15, 0.2) is 30.3 Å². The Kier molecular flexibility index (Phi) is 5.99. The first-order valence-electron chi connectivity index (χ1n) is 9.73. The SMILES string of the molecule is Cc1ccc(CCC(=O)N2CCCN(C(=O)c3cc(C)[nH]c3C)CC2)cc1. The minimum atomic E-state index is 0.0609. The molecule has 0 unspecified atom stereocenters. The second kappa shape index (κ2) is 8.42. The van der Waals surface area contributed by atoms with Gasteiger partial charge in [0.1, 0.15) is 0 Å². The van der Waals surface area contributed by atoms with Crippen molar-refractivity contribution in [3.8, 4) is 0 Å². The molecule has 0 spiro atoms. The number of nitrogens with one attached hydrogen (secondary N) is 1. The summed E-state index contributed by atoms with van der Waals surface area (Å²) in [5, 5.41) is 0. The summed E-state index contributed by atoms with van der Waals surface area (Å²) in [6.07, 6.45) is 2.11. The molecule has 0 aliphatic carbocycles. The number of nitrogens with zero attached hydrogens (tertiary/aromatic N) is 2. The zero-order valence-corrected chi connectivity index (χ0v) is 16.5. The van der Waals surface area contributed by atoms with Gasteiger partial charge in [-0.1, -0.05) is 29.8 Å². The third-order valence-electron chi connectivity index (χ3n) is 5.26. The lowest BCUT2D eigenvalue weighted by molar-refractivity contribution is -0.131. The molecule has 1 aromatic heterocycles. The fraction of sp³-hybridized carbons (Fsp3) is 0.455. The number of carbonyl (C=O) groups excluding carboxylic acids is 2. The van der Waals surface area contributed by atoms with Crippen molar-refractivity contribution in [3.05, 3.63) is 58.4 Å². The van der Waals surface area contributed by atoms with Gasteiger partial charge in [0.05, 0.1) is 5.56 Å². The fourth-order valence-electron chi connectivity index (χ4n) is 3.65. The molecular weight excluding hydrogens is 338 g/mol. The lowest BCUT2D eigenvalue weighted by atomic mass is 10.1. The summed E-state index contributed by atoms with van der Waals surface area (Å²) in [6.45, 7) is 8.58. The van der Waals surface area contributed by atoms with Crippen LogP contribution in [0.4, 0.5) is 0 Å². The van der Waals surface area contributed by atoms with Crippen LogP contribution < -0.4 is 0 Å². The van der Waals surface area contributed by atoms with Gasteiger partial charge < -0.3 is 14.8 Å². The number of aromatic amines is 1. The van der Waals surface area contributed by atoms with E-state index >= 15 is 0 Å². The number of amides is 2. The van der Waals surface area contributed by atoms with E-state index in [2.05, 4.69) is 36.2 Å². The molecule has 0 atom stereocenters. The lowest BCUT2D eigenvalue weighted by Gasteiger charge is -2.22. The Morgan fingerprint density at radius 1 is 0.963 bits per heavy atom. The van der Waals surface area contributed by atoms with Gasteiger partial charge in [0, 0.05) is 44.0 Å². The Hall–Kier alpha value is -2.56. The molecule has 0 bridgehead atoms. The van der Waals surface area contributed by atoms with Crippen LogP contribution in [0.1, 0.15) is 45.7 Å². The number of H-pyrrole nitrogens is 1. The van der Waals surface area contributed by atoms with E-state index < -0.39 is 0 Å². The van der Waals surface area contributed by atoms with Crippen LogP contribution in [-0.2, 0) is 11.2 Å². The van der Waals surface area contributed by atoms with E-state index in [1.54, 1.807) is 0 Å². The third-order valence-corrected chi connectivity index (χ3v) is 5.26. The molecule has 5 heteroatoms. The van der Waals surface area contributed by atoms with Crippen LogP contribution >= 0.6 is 0 Å². The molecule has 1 fully saturated rings. The number of hydrogen-bond donors (Lipinski definition) is 1. The molecule has 1 aliphatic heterocycles. The van der Waals surface area contributed by atoms with Crippen LogP contribution in [0.5, 0.6) is 0 Å². The summed E-state index contributed by atoms with van der Waals surface area (Å²) < 4.78 is 0. The number of aromatic nitrogens is 1. The predicted octanol–water partition coefficient (Wildman–Crippen LogP) is 3.25. The van der Waals surface area contributed by atoms with Gasteiger partial charge >= 0.3 is 0 Å². The Labute approximate surface area is 161 Å². The highest BCUT2D eigenvalue weighted by Gasteiger charge is 2.24. The molecule has 1 N–H and O–H groups in total. The normalized spacial score (nSPS) is 14.9. The van der Waals surface area contributed by atoms with Crippen LogP contribution in [0, 0.1) is 20.8 Å². The standard InChI is InChI=1S/C22H29N3O2/c1-16-5-7-19(8-6-16)9-10-21(26)24-11-4-12-25(14-13-24)22(27)20-15-17(2)23-18(20)3/h5-8,15,23H,4,9-14H2,1-3H3. The zero-order valence-electron chi connectivity index (χ0n) is 16.5. The first-order chi connectivity index (χ1) is 12.9. The molecule has 2 aromatic rings. The molecule has 144 valence electrons. The van der Waals surface area contributed by atoms with Crippen molar-refractivity contribution in [1.29, 1.82) is 0 Å². The average molecular weight is 367 g/mol. The molecule has 27 heavy (non-hydrogen) atoms. The first-order valence-corrected chi connectivity index (χ1v) is 9.73. The molecule has 1 aromatic carbocycles. The van der Waals surface area contributed by atoms with Crippen molar-refractivity contribution in [3.63, 3.8) is 0 Å². The molecule has 1 aliphatic rings. The minimum absolute atomic E-state index is 0.0609. The average Bonchev–Trinajstić information content (AvgIpc) is 2.85. The van der Waals surface area contributed by atoms with Gasteiger partial charge in [-0.3, -0.25) is 9.59 Å². The van der Waals surface area contributed by atoms with Gasteiger partial charge in [-0.25, -0.2) is 0 Å². The van der Waals surface area contributed by atoms with Crippen molar-refractivity contribution in [2.75, 3.05) is 26.2 Å². The number of aryl methyl sites for hydroxylation is 4. The smallest absolute Gasteiger partial charge is 0.255 e. The molecule has 5 nitrogen and oxygen atoms in total. The van der Waals surface area contributed by atoms with E-state index in [0.29, 0.717) is 26.1 Å². The van der Waals surface area contributed by atoms with Gasteiger partial charge in [0.25, 0.3) is 5.91 Å². The molecule has 2 heterocycles. The van der Waals surface area contributed by atoms with E-state index in [-0.39, 0.29) is 11.8 Å². The summed E-state index contributed by atoms with van der Waals surface area (Å²) in [7, 11) is 0. The molecule has 3 rings (SSSR count). The topological polar surface area (TPSA) is 56.4 Å². The predicted molar refractivity (Wildman–Crippen MR) is 107 cm³/mol. The van der Waals surface area contributed by atoms with Crippen LogP contribution in [-0.4, -0.2) is 52.8 Å².